The first kappa shape index (κ1) is 24.8. The lowest BCUT2D eigenvalue weighted by Crippen LogP contribution is -2.43. The van der Waals surface area contributed by atoms with Crippen LogP contribution >= 0.6 is 0 Å². The van der Waals surface area contributed by atoms with Crippen LogP contribution in [0, 0.1) is 0 Å². The summed E-state index contributed by atoms with van der Waals surface area (Å²) in [5.41, 5.74) is 2.30. The van der Waals surface area contributed by atoms with Gasteiger partial charge in [0.05, 0.1) is 0 Å². The van der Waals surface area contributed by atoms with E-state index in [2.05, 4.69) is 75.6 Å². The van der Waals surface area contributed by atoms with Gasteiger partial charge in [-0.25, -0.2) is 4.79 Å². The van der Waals surface area contributed by atoms with Crippen molar-refractivity contribution < 1.29 is 14.0 Å². The first-order chi connectivity index (χ1) is 15.6. The van der Waals surface area contributed by atoms with Crippen molar-refractivity contribution in [2.24, 2.45) is 0 Å². The molecule has 0 radical (unpaired) electrons. The lowest BCUT2D eigenvalue weighted by atomic mass is 10.0. The van der Waals surface area contributed by atoms with Gasteiger partial charge in [-0.2, -0.15) is 0 Å². The van der Waals surface area contributed by atoms with Gasteiger partial charge in [0.25, 0.3) is 0 Å². The number of hydrogen-bond donors (Lipinski definition) is 1. The third kappa shape index (κ3) is 7.36. The van der Waals surface area contributed by atoms with Crippen LogP contribution in [0.5, 0.6) is 5.75 Å². The minimum Gasteiger partial charge on any atom is -0.543 e. The first-order valence-corrected chi connectivity index (χ1v) is 14.7. The molecule has 33 heavy (non-hydrogen) atoms. The molecule has 0 aliphatic rings. The fraction of sp³-hybridized carbons (Fsp3) is 0.393. The molecule has 4 nitrogen and oxygen atoms in total. The highest BCUT2D eigenvalue weighted by Gasteiger charge is 2.38. The van der Waals surface area contributed by atoms with Gasteiger partial charge in [0.1, 0.15) is 12.4 Å². The molecular formula is C28H37NO3Si. The van der Waals surface area contributed by atoms with E-state index in [9.17, 15) is 4.79 Å². The second kappa shape index (κ2) is 10.9. The number of aryl methyl sites for hydroxylation is 1. The molecule has 176 valence electrons. The quantitative estimate of drug-likeness (QED) is 0.264. The van der Waals surface area contributed by atoms with Crippen LogP contribution in [0.25, 0.3) is 10.8 Å². The smallest absolute Gasteiger partial charge is 0.407 e. The van der Waals surface area contributed by atoms with E-state index in [1.165, 1.54) is 16.3 Å². The molecule has 0 atom stereocenters. The van der Waals surface area contributed by atoms with E-state index in [0.717, 1.165) is 30.6 Å². The Hall–Kier alpha value is -2.79. The molecule has 5 heteroatoms. The van der Waals surface area contributed by atoms with Crippen molar-refractivity contribution >= 4 is 25.2 Å². The van der Waals surface area contributed by atoms with Gasteiger partial charge in [-0.15, -0.1) is 0 Å². The van der Waals surface area contributed by atoms with Gasteiger partial charge in [-0.3, -0.25) is 0 Å². The Morgan fingerprint density at radius 2 is 1.58 bits per heavy atom. The topological polar surface area (TPSA) is 47.6 Å². The van der Waals surface area contributed by atoms with Crippen molar-refractivity contribution in [3.8, 4) is 5.75 Å². The molecule has 0 saturated carbocycles. The number of rotatable bonds is 9. The van der Waals surface area contributed by atoms with E-state index in [1.807, 2.05) is 30.3 Å². The molecule has 0 heterocycles. The van der Waals surface area contributed by atoms with E-state index in [1.54, 1.807) is 0 Å². The van der Waals surface area contributed by atoms with Crippen molar-refractivity contribution in [3.63, 3.8) is 0 Å². The van der Waals surface area contributed by atoms with Crippen LogP contribution in [0.4, 0.5) is 4.79 Å². The summed E-state index contributed by atoms with van der Waals surface area (Å²) in [7, 11) is -1.84. The number of hydrogen-bond acceptors (Lipinski definition) is 3. The van der Waals surface area contributed by atoms with E-state index < -0.39 is 8.32 Å². The molecule has 0 aliphatic carbocycles. The van der Waals surface area contributed by atoms with Crippen molar-refractivity contribution in [1.82, 2.24) is 5.32 Å². The van der Waals surface area contributed by atoms with Crippen LogP contribution in [0.2, 0.25) is 18.1 Å². The van der Waals surface area contributed by atoms with E-state index in [-0.39, 0.29) is 11.1 Å². The van der Waals surface area contributed by atoms with E-state index >= 15 is 0 Å². The van der Waals surface area contributed by atoms with Gasteiger partial charge < -0.3 is 14.5 Å². The highest BCUT2D eigenvalue weighted by atomic mass is 28.4. The van der Waals surface area contributed by atoms with Gasteiger partial charge >= 0.3 is 6.09 Å². The summed E-state index contributed by atoms with van der Waals surface area (Å²) < 4.78 is 11.7. The number of carbonyl (C=O) groups is 1. The van der Waals surface area contributed by atoms with Crippen LogP contribution < -0.4 is 9.74 Å². The fourth-order valence-electron chi connectivity index (χ4n) is 3.36. The number of carbonyl (C=O) groups excluding carboxylic acids is 1. The third-order valence-electron chi connectivity index (χ3n) is 6.43. The summed E-state index contributed by atoms with van der Waals surface area (Å²) in [6, 6.07) is 22.7. The average molecular weight is 464 g/mol. The number of ether oxygens (including phenoxy) is 1. The molecular weight excluding hydrogens is 426 g/mol. The Morgan fingerprint density at radius 1 is 0.879 bits per heavy atom. The van der Waals surface area contributed by atoms with Crippen LogP contribution in [-0.4, -0.2) is 21.0 Å². The van der Waals surface area contributed by atoms with Crippen molar-refractivity contribution in [2.75, 3.05) is 6.54 Å². The summed E-state index contributed by atoms with van der Waals surface area (Å²) in [6.45, 7) is 12.2. The summed E-state index contributed by atoms with van der Waals surface area (Å²) in [4.78, 5) is 11.8. The van der Waals surface area contributed by atoms with Crippen molar-refractivity contribution in [1.29, 1.82) is 0 Å². The van der Waals surface area contributed by atoms with Crippen molar-refractivity contribution in [3.05, 3.63) is 77.9 Å². The number of alkyl carbamates (subject to hydrolysis) is 1. The highest BCUT2D eigenvalue weighted by Crippen LogP contribution is 2.38. The zero-order valence-corrected chi connectivity index (χ0v) is 21.6. The van der Waals surface area contributed by atoms with Gasteiger partial charge in [-0.1, -0.05) is 75.4 Å². The molecule has 0 unspecified atom stereocenters. The average Bonchev–Trinajstić information content (AvgIpc) is 2.77. The lowest BCUT2D eigenvalue weighted by molar-refractivity contribution is 0.139. The molecule has 3 aromatic rings. The molecule has 0 saturated heterocycles. The Kier molecular flexibility index (Phi) is 8.19. The third-order valence-corrected chi connectivity index (χ3v) is 10.8. The Morgan fingerprint density at radius 3 is 2.30 bits per heavy atom. The Labute approximate surface area is 199 Å². The van der Waals surface area contributed by atoms with Gasteiger partial charge in [0.2, 0.25) is 8.32 Å². The Bertz CT molecular complexity index is 1060. The second-order valence-corrected chi connectivity index (χ2v) is 14.9. The molecule has 0 bridgehead atoms. The zero-order valence-electron chi connectivity index (χ0n) is 20.6. The first-order valence-electron chi connectivity index (χ1n) is 11.8. The number of unbranched alkanes of at least 4 members (excludes halogenated alkanes) is 1. The molecule has 0 aromatic heterocycles. The van der Waals surface area contributed by atoms with Gasteiger partial charge in [0, 0.05) is 6.54 Å². The fourth-order valence-corrected chi connectivity index (χ4v) is 4.38. The molecule has 0 aliphatic heterocycles. The van der Waals surface area contributed by atoms with E-state index in [4.69, 9.17) is 9.16 Å². The molecule has 0 fully saturated rings. The molecule has 1 amide bonds. The highest BCUT2D eigenvalue weighted by molar-refractivity contribution is 6.74. The zero-order chi connectivity index (χ0) is 23.9. The monoisotopic (exact) mass is 463 g/mol. The van der Waals surface area contributed by atoms with Crippen molar-refractivity contribution in [2.45, 2.75) is 64.8 Å². The summed E-state index contributed by atoms with van der Waals surface area (Å²) >= 11 is 0. The number of benzene rings is 3. The van der Waals surface area contributed by atoms with E-state index in [0.29, 0.717) is 13.2 Å². The minimum atomic E-state index is -1.84. The summed E-state index contributed by atoms with van der Waals surface area (Å²) in [5, 5.41) is 5.45. The summed E-state index contributed by atoms with van der Waals surface area (Å²) in [6.07, 6.45) is 2.55. The lowest BCUT2D eigenvalue weighted by Gasteiger charge is -2.36. The molecule has 1 N–H and O–H groups in total. The van der Waals surface area contributed by atoms with Crippen LogP contribution in [0.3, 0.4) is 0 Å². The second-order valence-electron chi connectivity index (χ2n) is 10.2. The maximum atomic E-state index is 11.8. The SMILES string of the molecule is CC(C)(C)[Si](C)(C)Oc1ccc2cc(CCCCNC(=O)OCc3ccccc3)ccc2c1. The van der Waals surface area contributed by atoms with Gasteiger partial charge in [-0.05, 0) is 71.4 Å². The molecule has 3 rings (SSSR count). The van der Waals surface area contributed by atoms with Crippen LogP contribution in [0.15, 0.2) is 66.7 Å². The molecule has 3 aromatic carbocycles. The Balaban J connectivity index is 1.43. The maximum absolute atomic E-state index is 11.8. The predicted octanol–water partition coefficient (Wildman–Crippen LogP) is 7.47. The standard InChI is InChI=1S/C28H37NO3Si/c1-28(2,3)33(4,5)32-26-17-16-24-19-22(14-15-25(24)20-26)11-9-10-18-29-27(30)31-21-23-12-7-6-8-13-23/h6-8,12-17,19-20H,9-11,18,21H2,1-5H3,(H,29,30). The van der Waals surface area contributed by atoms with Gasteiger partial charge in [0.15, 0.2) is 0 Å². The summed E-state index contributed by atoms with van der Waals surface area (Å²) in [5.74, 6) is 0.965. The minimum absolute atomic E-state index is 0.180. The maximum Gasteiger partial charge on any atom is 0.407 e. The number of fused-ring (bicyclic) bond motifs is 1. The van der Waals surface area contributed by atoms with Crippen LogP contribution in [-0.2, 0) is 17.8 Å². The van der Waals surface area contributed by atoms with Crippen LogP contribution in [0.1, 0.15) is 44.7 Å². The normalized spacial score (nSPS) is 11.9. The predicted molar refractivity (Wildman–Crippen MR) is 139 cm³/mol. The number of amides is 1. The molecule has 0 spiro atoms. The largest absolute Gasteiger partial charge is 0.543 e. The number of nitrogens with one attached hydrogen (secondary N) is 1.